The average Bonchev–Trinajstić information content (AvgIpc) is 2.92. The highest BCUT2D eigenvalue weighted by Gasteiger charge is 2.14. The molecule has 0 atom stereocenters. The third kappa shape index (κ3) is 7.76. The van der Waals surface area contributed by atoms with Crippen molar-refractivity contribution < 1.29 is 38.1 Å². The van der Waals surface area contributed by atoms with Crippen LogP contribution in [0.4, 0.5) is 0 Å². The number of ketones is 2. The number of carbonyl (C=O) groups is 4. The molecule has 0 unspecified atom stereocenters. The minimum atomic E-state index is -0.588. The minimum absolute atomic E-state index is 0.137. The Morgan fingerprint density at radius 1 is 0.649 bits per heavy atom. The number of carbonyl (C=O) groups excluding carboxylic acids is 4. The third-order valence-electron chi connectivity index (χ3n) is 4.96. The van der Waals surface area contributed by atoms with E-state index in [0.29, 0.717) is 28.4 Å². The van der Waals surface area contributed by atoms with Gasteiger partial charge in [0.2, 0.25) is 0 Å². The summed E-state index contributed by atoms with van der Waals surface area (Å²) >= 11 is 0. The molecular weight excluding hydrogens is 476 g/mol. The molecule has 0 saturated carbocycles. The van der Waals surface area contributed by atoms with Crippen LogP contribution >= 0.6 is 0 Å². The molecule has 0 N–H and O–H groups in total. The van der Waals surface area contributed by atoms with Crippen LogP contribution in [0.25, 0.3) is 0 Å². The fourth-order valence-corrected chi connectivity index (χ4v) is 2.93. The molecule has 0 aliphatic carbocycles. The molecule has 37 heavy (non-hydrogen) atoms. The molecule has 0 heterocycles. The minimum Gasteiger partial charge on any atom is -0.485 e. The second-order valence-electron chi connectivity index (χ2n) is 7.67. The van der Waals surface area contributed by atoms with Crippen LogP contribution in [-0.4, -0.2) is 36.7 Å². The Bertz CT molecular complexity index is 1320. The largest absolute Gasteiger partial charge is 0.485 e. The second kappa shape index (κ2) is 12.6. The molecule has 0 saturated heterocycles. The summed E-state index contributed by atoms with van der Waals surface area (Å²) in [6.45, 7) is 8.19. The van der Waals surface area contributed by atoms with Gasteiger partial charge in [0.25, 0.3) is 0 Å². The van der Waals surface area contributed by atoms with Gasteiger partial charge in [0.05, 0.1) is 11.1 Å². The molecule has 0 radical (unpaired) electrons. The summed E-state index contributed by atoms with van der Waals surface area (Å²) < 4.78 is 21.5. The lowest BCUT2D eigenvalue weighted by atomic mass is 10.2. The monoisotopic (exact) mass is 500 g/mol. The average molecular weight is 501 g/mol. The highest BCUT2D eigenvalue weighted by Crippen LogP contribution is 2.25. The number of aryl methyl sites for hydroxylation is 1. The molecular formula is C29H24O8. The first kappa shape index (κ1) is 26.6. The molecule has 8 nitrogen and oxygen atoms in total. The summed E-state index contributed by atoms with van der Waals surface area (Å²) in [5, 5.41) is 0. The van der Waals surface area contributed by atoms with Crippen molar-refractivity contribution >= 4 is 23.5 Å². The van der Waals surface area contributed by atoms with Crippen LogP contribution in [0.3, 0.4) is 0 Å². The van der Waals surface area contributed by atoms with Gasteiger partial charge in [-0.15, -0.1) is 0 Å². The van der Waals surface area contributed by atoms with Gasteiger partial charge < -0.3 is 18.9 Å². The van der Waals surface area contributed by atoms with Crippen molar-refractivity contribution in [3.05, 3.63) is 109 Å². The Balaban J connectivity index is 1.57. The number of benzene rings is 3. The fourth-order valence-electron chi connectivity index (χ4n) is 2.93. The number of esters is 2. The maximum Gasteiger partial charge on any atom is 0.343 e. The van der Waals surface area contributed by atoms with Crippen molar-refractivity contribution in [3.63, 3.8) is 0 Å². The smallest absolute Gasteiger partial charge is 0.343 e. The summed E-state index contributed by atoms with van der Waals surface area (Å²) in [5.74, 6) is -0.248. The molecule has 0 aliphatic heterocycles. The molecule has 3 aromatic carbocycles. The van der Waals surface area contributed by atoms with E-state index in [1.807, 2.05) is 0 Å². The van der Waals surface area contributed by atoms with Gasteiger partial charge in [-0.05, 0) is 91.4 Å². The van der Waals surface area contributed by atoms with Crippen LogP contribution in [0, 0.1) is 6.92 Å². The van der Waals surface area contributed by atoms with E-state index in [9.17, 15) is 19.2 Å². The molecule has 0 fully saturated rings. The highest BCUT2D eigenvalue weighted by molar-refractivity contribution is 5.93. The maximum absolute atomic E-state index is 12.5. The van der Waals surface area contributed by atoms with E-state index in [4.69, 9.17) is 18.9 Å². The van der Waals surface area contributed by atoms with E-state index in [1.54, 1.807) is 37.3 Å². The molecule has 0 bridgehead atoms. The van der Waals surface area contributed by atoms with Crippen LogP contribution in [0.2, 0.25) is 0 Å². The highest BCUT2D eigenvalue weighted by atomic mass is 16.5. The lowest BCUT2D eigenvalue weighted by molar-refractivity contribution is -0.117. The van der Waals surface area contributed by atoms with E-state index >= 15 is 0 Å². The van der Waals surface area contributed by atoms with E-state index in [1.165, 1.54) is 48.6 Å². The standard InChI is InChI=1S/C29H24O8/c1-4-22(30)17-34-24-10-6-20(7-11-24)28(32)36-26-14-15-27(19(3)16-26)37-29(33)21-8-12-25(13-9-21)35-18-23(31)5-2/h4-16H,1-2,17-18H2,3H3. The van der Waals surface area contributed by atoms with Crippen molar-refractivity contribution in [2.75, 3.05) is 13.2 Å². The number of rotatable bonds is 12. The van der Waals surface area contributed by atoms with Crippen LogP contribution < -0.4 is 18.9 Å². The van der Waals surface area contributed by atoms with Crippen molar-refractivity contribution in [3.8, 4) is 23.0 Å². The van der Waals surface area contributed by atoms with Crippen LogP contribution in [-0.2, 0) is 9.59 Å². The molecule has 0 amide bonds. The Morgan fingerprint density at radius 3 is 1.51 bits per heavy atom. The van der Waals surface area contributed by atoms with Gasteiger partial charge in [-0.2, -0.15) is 0 Å². The summed E-state index contributed by atoms with van der Waals surface area (Å²) in [5.41, 5.74) is 1.16. The van der Waals surface area contributed by atoms with Crippen molar-refractivity contribution in [2.24, 2.45) is 0 Å². The quantitative estimate of drug-likeness (QED) is 0.200. The van der Waals surface area contributed by atoms with E-state index in [0.717, 1.165) is 0 Å². The Morgan fingerprint density at radius 2 is 1.08 bits per heavy atom. The lowest BCUT2D eigenvalue weighted by Gasteiger charge is -2.11. The number of ether oxygens (including phenoxy) is 4. The molecule has 0 spiro atoms. The zero-order chi connectivity index (χ0) is 26.8. The summed E-state index contributed by atoms with van der Waals surface area (Å²) in [7, 11) is 0. The van der Waals surface area contributed by atoms with Gasteiger partial charge in [-0.25, -0.2) is 9.59 Å². The predicted octanol–water partition coefficient (Wildman–Crippen LogP) is 4.70. The first-order valence-electron chi connectivity index (χ1n) is 11.1. The van der Waals surface area contributed by atoms with Gasteiger partial charge >= 0.3 is 11.9 Å². The van der Waals surface area contributed by atoms with Gasteiger partial charge in [-0.1, -0.05) is 13.2 Å². The van der Waals surface area contributed by atoms with Gasteiger partial charge in [0.1, 0.15) is 23.0 Å². The summed E-state index contributed by atoms with van der Waals surface area (Å²) in [6, 6.07) is 16.9. The number of hydrogen-bond donors (Lipinski definition) is 0. The molecule has 3 rings (SSSR count). The first-order valence-corrected chi connectivity index (χ1v) is 11.1. The number of hydrogen-bond acceptors (Lipinski definition) is 8. The fraction of sp³-hybridized carbons (Fsp3) is 0.103. The first-order chi connectivity index (χ1) is 17.8. The van der Waals surface area contributed by atoms with Crippen LogP contribution in [0.5, 0.6) is 23.0 Å². The molecule has 0 aromatic heterocycles. The van der Waals surface area contributed by atoms with Gasteiger partial charge in [-0.3, -0.25) is 9.59 Å². The molecule has 3 aromatic rings. The zero-order valence-electron chi connectivity index (χ0n) is 20.1. The summed E-state index contributed by atoms with van der Waals surface area (Å²) in [4.78, 5) is 47.5. The van der Waals surface area contributed by atoms with Gasteiger partial charge in [0.15, 0.2) is 24.8 Å². The van der Waals surface area contributed by atoms with E-state index in [-0.39, 0.29) is 36.1 Å². The normalized spacial score (nSPS) is 10.1. The predicted molar refractivity (Wildman–Crippen MR) is 135 cm³/mol. The lowest BCUT2D eigenvalue weighted by Crippen LogP contribution is -2.11. The van der Waals surface area contributed by atoms with Crippen LogP contribution in [0.15, 0.2) is 92.0 Å². The van der Waals surface area contributed by atoms with Crippen molar-refractivity contribution in [2.45, 2.75) is 6.92 Å². The maximum atomic E-state index is 12.5. The Kier molecular flexibility index (Phi) is 9.10. The van der Waals surface area contributed by atoms with Crippen molar-refractivity contribution in [1.29, 1.82) is 0 Å². The Hall–Kier alpha value is -4.98. The molecule has 0 aliphatic rings. The zero-order valence-corrected chi connectivity index (χ0v) is 20.1. The van der Waals surface area contributed by atoms with E-state index in [2.05, 4.69) is 13.2 Å². The molecule has 8 heteroatoms. The van der Waals surface area contributed by atoms with Gasteiger partial charge in [0, 0.05) is 0 Å². The topological polar surface area (TPSA) is 105 Å². The third-order valence-corrected chi connectivity index (χ3v) is 4.96. The Labute approximate surface area is 213 Å². The SMILES string of the molecule is C=CC(=O)COc1ccc(C(=O)Oc2ccc(OC(=O)c3ccc(OCC(=O)C=C)cc3)c(C)c2)cc1. The van der Waals surface area contributed by atoms with Crippen molar-refractivity contribution in [1.82, 2.24) is 0 Å². The summed E-state index contributed by atoms with van der Waals surface area (Å²) in [6.07, 6.45) is 2.34. The molecule has 188 valence electrons. The van der Waals surface area contributed by atoms with E-state index < -0.39 is 11.9 Å². The second-order valence-corrected chi connectivity index (χ2v) is 7.67. The van der Waals surface area contributed by atoms with Crippen LogP contribution in [0.1, 0.15) is 26.3 Å².